The van der Waals surface area contributed by atoms with Crippen molar-refractivity contribution in [3.63, 3.8) is 0 Å². The zero-order valence-corrected chi connectivity index (χ0v) is 14.8. The van der Waals surface area contributed by atoms with Crippen LogP contribution < -0.4 is 20.1 Å². The molecule has 0 radical (unpaired) electrons. The maximum atomic E-state index is 6.47. The quantitative estimate of drug-likeness (QED) is 0.839. The van der Waals surface area contributed by atoms with E-state index < -0.39 is 0 Å². The van der Waals surface area contributed by atoms with E-state index in [9.17, 15) is 0 Å². The molecule has 0 amide bonds. The number of benzene rings is 2. The van der Waals surface area contributed by atoms with Crippen molar-refractivity contribution in [2.24, 2.45) is 0 Å². The van der Waals surface area contributed by atoms with Crippen molar-refractivity contribution in [1.82, 2.24) is 10.6 Å². The molecule has 2 N–H and O–H groups in total. The van der Waals surface area contributed by atoms with Gasteiger partial charge in [-0.1, -0.05) is 48.0 Å². The van der Waals surface area contributed by atoms with Crippen LogP contribution in [0.2, 0.25) is 5.02 Å². The predicted octanol–water partition coefficient (Wildman–Crippen LogP) is 3.55. The molecule has 5 heteroatoms. The Balaban J connectivity index is 1.71. The van der Waals surface area contributed by atoms with E-state index in [2.05, 4.69) is 34.9 Å². The molecule has 0 aromatic heterocycles. The van der Waals surface area contributed by atoms with Gasteiger partial charge in [-0.2, -0.15) is 0 Å². The van der Waals surface area contributed by atoms with Gasteiger partial charge < -0.3 is 20.1 Å². The van der Waals surface area contributed by atoms with Crippen LogP contribution in [0.3, 0.4) is 0 Å². The van der Waals surface area contributed by atoms with E-state index in [1.165, 1.54) is 5.56 Å². The molecule has 1 aliphatic heterocycles. The highest BCUT2D eigenvalue weighted by atomic mass is 35.5. The molecule has 4 nitrogen and oxygen atoms in total. The SMILES string of the molecule is COc1ccc(CNC2CCNC2c2ccccc2)c(Cl)c1OC. The van der Waals surface area contributed by atoms with Crippen molar-refractivity contribution in [1.29, 1.82) is 0 Å². The van der Waals surface area contributed by atoms with Gasteiger partial charge in [0.05, 0.1) is 19.2 Å². The first-order valence-electron chi connectivity index (χ1n) is 8.15. The molecule has 0 spiro atoms. The third-order valence-electron chi connectivity index (χ3n) is 4.50. The summed E-state index contributed by atoms with van der Waals surface area (Å²) >= 11 is 6.47. The first-order valence-corrected chi connectivity index (χ1v) is 8.53. The number of rotatable bonds is 6. The fourth-order valence-electron chi connectivity index (χ4n) is 3.24. The van der Waals surface area contributed by atoms with Crippen molar-refractivity contribution in [3.05, 3.63) is 58.6 Å². The molecule has 1 fully saturated rings. The van der Waals surface area contributed by atoms with E-state index >= 15 is 0 Å². The highest BCUT2D eigenvalue weighted by molar-refractivity contribution is 6.33. The minimum absolute atomic E-state index is 0.324. The third-order valence-corrected chi connectivity index (χ3v) is 4.91. The Morgan fingerprint density at radius 3 is 2.62 bits per heavy atom. The Hall–Kier alpha value is -1.75. The Morgan fingerprint density at radius 1 is 1.12 bits per heavy atom. The van der Waals surface area contributed by atoms with Crippen LogP contribution in [0, 0.1) is 0 Å². The maximum absolute atomic E-state index is 6.47. The minimum atomic E-state index is 0.324. The molecule has 2 atom stereocenters. The number of methoxy groups -OCH3 is 2. The second kappa shape index (κ2) is 7.88. The second-order valence-electron chi connectivity index (χ2n) is 5.89. The van der Waals surface area contributed by atoms with Gasteiger partial charge in [-0.25, -0.2) is 0 Å². The van der Waals surface area contributed by atoms with E-state index in [1.54, 1.807) is 14.2 Å². The zero-order valence-electron chi connectivity index (χ0n) is 14.0. The zero-order chi connectivity index (χ0) is 16.9. The van der Waals surface area contributed by atoms with Gasteiger partial charge in [-0.05, 0) is 30.2 Å². The fourth-order valence-corrected chi connectivity index (χ4v) is 3.54. The highest BCUT2D eigenvalue weighted by Crippen LogP contribution is 2.37. The summed E-state index contributed by atoms with van der Waals surface area (Å²) in [6, 6.07) is 15.1. The van der Waals surface area contributed by atoms with Crippen molar-refractivity contribution < 1.29 is 9.47 Å². The van der Waals surface area contributed by atoms with Gasteiger partial charge in [0.2, 0.25) is 0 Å². The van der Waals surface area contributed by atoms with Crippen LogP contribution in [0.4, 0.5) is 0 Å². The number of halogens is 1. The summed E-state index contributed by atoms with van der Waals surface area (Å²) in [6.07, 6.45) is 1.09. The van der Waals surface area contributed by atoms with E-state index in [0.29, 0.717) is 35.2 Å². The Kier molecular flexibility index (Phi) is 5.61. The number of nitrogens with one attached hydrogen (secondary N) is 2. The second-order valence-corrected chi connectivity index (χ2v) is 6.27. The van der Waals surface area contributed by atoms with Crippen LogP contribution in [-0.4, -0.2) is 26.8 Å². The van der Waals surface area contributed by atoms with Crippen molar-refractivity contribution in [3.8, 4) is 11.5 Å². The molecule has 0 aliphatic carbocycles. The highest BCUT2D eigenvalue weighted by Gasteiger charge is 2.27. The predicted molar refractivity (Wildman–Crippen MR) is 97.0 cm³/mol. The van der Waals surface area contributed by atoms with Gasteiger partial charge in [-0.3, -0.25) is 0 Å². The molecular formula is C19H23ClN2O2. The molecule has 2 aromatic rings. The normalized spacial score (nSPS) is 20.1. The van der Waals surface area contributed by atoms with Gasteiger partial charge in [0, 0.05) is 18.6 Å². The lowest BCUT2D eigenvalue weighted by molar-refractivity contribution is 0.354. The summed E-state index contributed by atoms with van der Waals surface area (Å²) in [5.74, 6) is 1.23. The summed E-state index contributed by atoms with van der Waals surface area (Å²) in [5, 5.41) is 7.81. The van der Waals surface area contributed by atoms with Crippen LogP contribution in [0.5, 0.6) is 11.5 Å². The Bertz CT molecular complexity index is 679. The molecule has 0 saturated carbocycles. The fraction of sp³-hybridized carbons (Fsp3) is 0.368. The summed E-state index contributed by atoms with van der Waals surface area (Å²) in [4.78, 5) is 0. The van der Waals surface area contributed by atoms with Crippen LogP contribution in [0.15, 0.2) is 42.5 Å². The van der Waals surface area contributed by atoms with Gasteiger partial charge in [0.1, 0.15) is 0 Å². The number of hydrogen-bond acceptors (Lipinski definition) is 4. The molecule has 2 unspecified atom stereocenters. The molecule has 0 bridgehead atoms. The monoisotopic (exact) mass is 346 g/mol. The van der Waals surface area contributed by atoms with Crippen molar-refractivity contribution in [2.45, 2.75) is 25.0 Å². The molecule has 1 aliphatic rings. The molecule has 1 saturated heterocycles. The van der Waals surface area contributed by atoms with Crippen molar-refractivity contribution >= 4 is 11.6 Å². The Morgan fingerprint density at radius 2 is 1.92 bits per heavy atom. The summed E-state index contributed by atoms with van der Waals surface area (Å²) in [7, 11) is 3.22. The topological polar surface area (TPSA) is 42.5 Å². The lowest BCUT2D eigenvalue weighted by Gasteiger charge is -2.22. The summed E-state index contributed by atoms with van der Waals surface area (Å²) in [6.45, 7) is 1.70. The summed E-state index contributed by atoms with van der Waals surface area (Å²) < 4.78 is 10.7. The van der Waals surface area contributed by atoms with Crippen LogP contribution in [0.25, 0.3) is 0 Å². The third kappa shape index (κ3) is 3.51. The molecular weight excluding hydrogens is 324 g/mol. The first kappa shape index (κ1) is 17.1. The van der Waals surface area contributed by atoms with E-state index in [1.807, 2.05) is 18.2 Å². The molecule has 128 valence electrons. The van der Waals surface area contributed by atoms with Crippen molar-refractivity contribution in [2.75, 3.05) is 20.8 Å². The Labute approximate surface area is 148 Å². The van der Waals surface area contributed by atoms with Crippen LogP contribution >= 0.6 is 11.6 Å². The number of hydrogen-bond donors (Lipinski definition) is 2. The molecule has 3 rings (SSSR count). The minimum Gasteiger partial charge on any atom is -0.493 e. The van der Waals surface area contributed by atoms with E-state index in [-0.39, 0.29) is 0 Å². The van der Waals surface area contributed by atoms with Crippen LogP contribution in [0.1, 0.15) is 23.6 Å². The van der Waals surface area contributed by atoms with Gasteiger partial charge in [0.25, 0.3) is 0 Å². The molecule has 24 heavy (non-hydrogen) atoms. The maximum Gasteiger partial charge on any atom is 0.179 e. The van der Waals surface area contributed by atoms with Crippen LogP contribution in [-0.2, 0) is 6.54 Å². The molecule has 2 aromatic carbocycles. The first-order chi connectivity index (χ1) is 11.7. The number of ether oxygens (including phenoxy) is 2. The van der Waals surface area contributed by atoms with E-state index in [0.717, 1.165) is 18.5 Å². The standard InChI is InChI=1S/C19H23ClN2O2/c1-23-16-9-8-14(17(20)19(16)24-2)12-22-15-10-11-21-18(15)13-6-4-3-5-7-13/h3-9,15,18,21-22H,10-12H2,1-2H3. The lowest BCUT2D eigenvalue weighted by atomic mass is 10.0. The van der Waals surface area contributed by atoms with Gasteiger partial charge in [0.15, 0.2) is 11.5 Å². The summed E-state index contributed by atoms with van der Waals surface area (Å²) in [5.41, 5.74) is 2.32. The van der Waals surface area contributed by atoms with E-state index in [4.69, 9.17) is 21.1 Å². The smallest absolute Gasteiger partial charge is 0.179 e. The lowest BCUT2D eigenvalue weighted by Crippen LogP contribution is -2.34. The largest absolute Gasteiger partial charge is 0.493 e. The average Bonchev–Trinajstić information content (AvgIpc) is 3.09. The van der Waals surface area contributed by atoms with Gasteiger partial charge in [-0.15, -0.1) is 0 Å². The van der Waals surface area contributed by atoms with Gasteiger partial charge >= 0.3 is 0 Å². The average molecular weight is 347 g/mol. The molecule has 1 heterocycles.